The van der Waals surface area contributed by atoms with E-state index in [4.69, 9.17) is 9.15 Å². The Kier molecular flexibility index (Phi) is 4.76. The van der Waals surface area contributed by atoms with E-state index in [0.29, 0.717) is 30.6 Å². The Bertz CT molecular complexity index is 658. The predicted octanol–water partition coefficient (Wildman–Crippen LogP) is 2.10. The van der Waals surface area contributed by atoms with Crippen molar-refractivity contribution in [2.24, 2.45) is 5.92 Å². The summed E-state index contributed by atoms with van der Waals surface area (Å²) in [5.74, 6) is 1.48. The number of hydrogen-bond donors (Lipinski definition) is 1. The van der Waals surface area contributed by atoms with E-state index < -0.39 is 0 Å². The van der Waals surface area contributed by atoms with Crippen LogP contribution in [0.4, 0.5) is 0 Å². The average molecular weight is 318 g/mol. The van der Waals surface area contributed by atoms with Gasteiger partial charge in [-0.3, -0.25) is 4.79 Å². The molecule has 1 N–H and O–H groups in total. The quantitative estimate of drug-likeness (QED) is 0.913. The second-order valence-corrected chi connectivity index (χ2v) is 5.73. The molecule has 23 heavy (non-hydrogen) atoms. The number of ether oxygens (including phenoxy) is 1. The highest BCUT2D eigenvalue weighted by atomic mass is 16.5. The zero-order valence-corrected chi connectivity index (χ0v) is 13.5. The summed E-state index contributed by atoms with van der Waals surface area (Å²) in [5.41, 5.74) is 0.330. The van der Waals surface area contributed by atoms with Crippen molar-refractivity contribution in [2.45, 2.75) is 39.3 Å². The molecule has 1 amide bonds. The number of aryl methyl sites for hydroxylation is 2. The van der Waals surface area contributed by atoms with E-state index in [9.17, 15) is 4.79 Å². The highest BCUT2D eigenvalue weighted by Gasteiger charge is 2.31. The van der Waals surface area contributed by atoms with Gasteiger partial charge in [0.05, 0.1) is 6.04 Å². The van der Waals surface area contributed by atoms with Gasteiger partial charge >= 0.3 is 0 Å². The van der Waals surface area contributed by atoms with Gasteiger partial charge in [0.15, 0.2) is 12.1 Å². The summed E-state index contributed by atoms with van der Waals surface area (Å²) in [6.45, 7) is 6.04. The largest absolute Gasteiger partial charge is 0.448 e. The molecule has 1 aliphatic rings. The van der Waals surface area contributed by atoms with Gasteiger partial charge in [-0.25, -0.2) is 9.97 Å². The van der Waals surface area contributed by atoms with Crippen LogP contribution in [-0.2, 0) is 11.3 Å². The van der Waals surface area contributed by atoms with Crippen molar-refractivity contribution in [2.75, 3.05) is 13.2 Å². The summed E-state index contributed by atoms with van der Waals surface area (Å²) in [6.07, 6.45) is 6.81. The first-order valence-corrected chi connectivity index (χ1v) is 8.00. The Morgan fingerprint density at radius 3 is 2.87 bits per heavy atom. The Hall–Kier alpha value is -2.15. The zero-order valence-electron chi connectivity index (χ0n) is 13.5. The molecule has 0 radical (unpaired) electrons. The lowest BCUT2D eigenvalue weighted by Gasteiger charge is -2.30. The molecule has 0 saturated carbocycles. The van der Waals surface area contributed by atoms with Crippen molar-refractivity contribution in [1.29, 1.82) is 0 Å². The molecule has 0 bridgehead atoms. The molecule has 0 aliphatic carbocycles. The molecule has 0 aromatic carbocycles. The van der Waals surface area contributed by atoms with E-state index in [1.54, 1.807) is 13.1 Å². The number of nitrogens with one attached hydrogen (secondary N) is 1. The third-order valence-electron chi connectivity index (χ3n) is 4.35. The highest BCUT2D eigenvalue weighted by Crippen LogP contribution is 2.29. The fourth-order valence-electron chi connectivity index (χ4n) is 3.04. The van der Waals surface area contributed by atoms with Crippen molar-refractivity contribution in [3.8, 4) is 0 Å². The van der Waals surface area contributed by atoms with Crippen LogP contribution in [0.25, 0.3) is 0 Å². The normalized spacial score (nSPS) is 17.1. The molecular weight excluding hydrogens is 296 g/mol. The second-order valence-electron chi connectivity index (χ2n) is 5.73. The van der Waals surface area contributed by atoms with Gasteiger partial charge in [-0.05, 0) is 32.6 Å². The Balaban J connectivity index is 1.86. The van der Waals surface area contributed by atoms with Crippen LogP contribution < -0.4 is 5.32 Å². The molecule has 7 nitrogen and oxygen atoms in total. The minimum Gasteiger partial charge on any atom is -0.448 e. The first kappa shape index (κ1) is 15.7. The fourth-order valence-corrected chi connectivity index (χ4v) is 3.04. The van der Waals surface area contributed by atoms with Crippen LogP contribution in [0, 0.1) is 12.8 Å². The number of carbonyl (C=O) groups excluding carboxylic acids is 1. The van der Waals surface area contributed by atoms with Crippen LogP contribution in [0.15, 0.2) is 23.2 Å². The summed E-state index contributed by atoms with van der Waals surface area (Å²) < 4.78 is 12.7. The number of nitrogens with zero attached hydrogens (tertiary/aromatic N) is 3. The number of hydrogen-bond acceptors (Lipinski definition) is 5. The predicted molar refractivity (Wildman–Crippen MR) is 82.9 cm³/mol. The van der Waals surface area contributed by atoms with Gasteiger partial charge in [-0.2, -0.15) is 0 Å². The summed E-state index contributed by atoms with van der Waals surface area (Å²) in [4.78, 5) is 21.1. The van der Waals surface area contributed by atoms with Gasteiger partial charge < -0.3 is 19.0 Å². The maximum atomic E-state index is 12.6. The summed E-state index contributed by atoms with van der Waals surface area (Å²) in [7, 11) is 0. The first-order valence-electron chi connectivity index (χ1n) is 8.00. The molecule has 1 aliphatic heterocycles. The van der Waals surface area contributed by atoms with Crippen LogP contribution in [0.3, 0.4) is 0 Å². The third kappa shape index (κ3) is 3.29. The van der Waals surface area contributed by atoms with Crippen molar-refractivity contribution in [3.05, 3.63) is 36.1 Å². The zero-order chi connectivity index (χ0) is 16.2. The lowest BCUT2D eigenvalue weighted by molar-refractivity contribution is 0.0497. The topological polar surface area (TPSA) is 82.2 Å². The summed E-state index contributed by atoms with van der Waals surface area (Å²) in [6, 6.07) is -0.155. The van der Waals surface area contributed by atoms with E-state index in [1.165, 1.54) is 6.39 Å². The van der Waals surface area contributed by atoms with Crippen LogP contribution >= 0.6 is 0 Å². The van der Waals surface area contributed by atoms with Gasteiger partial charge in [0.25, 0.3) is 5.91 Å². The molecular formula is C16H22N4O3. The van der Waals surface area contributed by atoms with E-state index in [0.717, 1.165) is 25.2 Å². The third-order valence-corrected chi connectivity index (χ3v) is 4.35. The molecule has 1 fully saturated rings. The molecule has 3 rings (SSSR count). The minimum atomic E-state index is -0.224. The van der Waals surface area contributed by atoms with E-state index >= 15 is 0 Å². The highest BCUT2D eigenvalue weighted by molar-refractivity contribution is 5.93. The number of aromatic nitrogens is 3. The van der Waals surface area contributed by atoms with Crippen LogP contribution in [0.5, 0.6) is 0 Å². The molecule has 2 aromatic rings. The SMILES string of the molecule is CCn1ccnc1[C@H](NC(=O)c1ncoc1C)C1CCOCC1. The van der Waals surface area contributed by atoms with Gasteiger partial charge in [-0.1, -0.05) is 0 Å². The van der Waals surface area contributed by atoms with Crippen molar-refractivity contribution in [1.82, 2.24) is 19.9 Å². The lowest BCUT2D eigenvalue weighted by Crippen LogP contribution is -2.38. The van der Waals surface area contributed by atoms with E-state index in [2.05, 4.69) is 26.8 Å². The molecule has 3 heterocycles. The van der Waals surface area contributed by atoms with Crippen molar-refractivity contribution >= 4 is 5.91 Å². The Morgan fingerprint density at radius 2 is 2.22 bits per heavy atom. The van der Waals surface area contributed by atoms with Gasteiger partial charge in [0.1, 0.15) is 11.6 Å². The second kappa shape index (κ2) is 6.95. The summed E-state index contributed by atoms with van der Waals surface area (Å²) >= 11 is 0. The molecule has 1 saturated heterocycles. The van der Waals surface area contributed by atoms with Crippen LogP contribution in [0.2, 0.25) is 0 Å². The van der Waals surface area contributed by atoms with Gasteiger partial charge in [0.2, 0.25) is 0 Å². The molecule has 7 heteroatoms. The van der Waals surface area contributed by atoms with Crippen molar-refractivity contribution < 1.29 is 13.9 Å². The van der Waals surface area contributed by atoms with E-state index in [1.807, 2.05) is 6.20 Å². The molecule has 2 aromatic heterocycles. The number of carbonyl (C=O) groups is 1. The first-order chi connectivity index (χ1) is 11.2. The Morgan fingerprint density at radius 1 is 1.43 bits per heavy atom. The lowest BCUT2D eigenvalue weighted by atomic mass is 9.91. The molecule has 0 spiro atoms. The maximum Gasteiger partial charge on any atom is 0.274 e. The standard InChI is InChI=1S/C16H22N4O3/c1-3-20-7-6-17-15(20)14(12-4-8-22-9-5-12)19-16(21)13-11(2)23-10-18-13/h6-7,10,12,14H,3-5,8-9H2,1-2H3,(H,19,21)/t14-/m1/s1. The average Bonchev–Trinajstić information content (AvgIpc) is 3.21. The number of oxazole rings is 1. The maximum absolute atomic E-state index is 12.6. The van der Waals surface area contributed by atoms with Gasteiger partial charge in [-0.15, -0.1) is 0 Å². The number of amides is 1. The summed E-state index contributed by atoms with van der Waals surface area (Å²) in [5, 5.41) is 3.11. The number of imidazole rings is 1. The molecule has 1 atom stereocenters. The monoisotopic (exact) mass is 318 g/mol. The molecule has 0 unspecified atom stereocenters. The minimum absolute atomic E-state index is 0.155. The van der Waals surface area contributed by atoms with Crippen LogP contribution in [-0.4, -0.2) is 33.7 Å². The van der Waals surface area contributed by atoms with E-state index in [-0.39, 0.29) is 11.9 Å². The molecule has 124 valence electrons. The van der Waals surface area contributed by atoms with Crippen molar-refractivity contribution in [3.63, 3.8) is 0 Å². The van der Waals surface area contributed by atoms with Crippen LogP contribution in [0.1, 0.15) is 47.9 Å². The number of rotatable bonds is 5. The Labute approximate surface area is 135 Å². The fraction of sp³-hybridized carbons (Fsp3) is 0.562. The van der Waals surface area contributed by atoms with Gasteiger partial charge in [0, 0.05) is 32.2 Å². The smallest absolute Gasteiger partial charge is 0.274 e.